The SMILES string of the molecule is CN=C(NCC1CCCc2ccccc21)NC(C)C.I. The van der Waals surface area contributed by atoms with E-state index in [1.54, 1.807) is 0 Å². The van der Waals surface area contributed by atoms with Gasteiger partial charge in [-0.1, -0.05) is 24.3 Å². The van der Waals surface area contributed by atoms with Gasteiger partial charge in [0.15, 0.2) is 5.96 Å². The maximum atomic E-state index is 4.26. The molecule has 2 rings (SSSR count). The van der Waals surface area contributed by atoms with Gasteiger partial charge in [-0.2, -0.15) is 0 Å². The van der Waals surface area contributed by atoms with Crippen molar-refractivity contribution in [2.75, 3.05) is 13.6 Å². The lowest BCUT2D eigenvalue weighted by molar-refractivity contribution is 0.537. The van der Waals surface area contributed by atoms with Gasteiger partial charge in [-0.15, -0.1) is 24.0 Å². The number of hydrogen-bond donors (Lipinski definition) is 2. The summed E-state index contributed by atoms with van der Waals surface area (Å²) in [4.78, 5) is 4.26. The summed E-state index contributed by atoms with van der Waals surface area (Å²) in [6, 6.07) is 9.25. The Labute approximate surface area is 139 Å². The molecule has 0 aliphatic heterocycles. The number of guanidine groups is 1. The third kappa shape index (κ3) is 4.65. The van der Waals surface area contributed by atoms with Crippen LogP contribution >= 0.6 is 24.0 Å². The summed E-state index contributed by atoms with van der Waals surface area (Å²) in [6.07, 6.45) is 3.79. The van der Waals surface area contributed by atoms with Gasteiger partial charge in [0.05, 0.1) is 0 Å². The Morgan fingerprint density at radius 3 is 2.80 bits per heavy atom. The number of fused-ring (bicyclic) bond motifs is 1. The van der Waals surface area contributed by atoms with Crippen LogP contribution in [0.5, 0.6) is 0 Å². The van der Waals surface area contributed by atoms with Gasteiger partial charge in [0.2, 0.25) is 0 Å². The van der Waals surface area contributed by atoms with Crippen molar-refractivity contribution >= 4 is 29.9 Å². The fraction of sp³-hybridized carbons (Fsp3) is 0.562. The second-order valence-electron chi connectivity index (χ2n) is 5.54. The third-order valence-corrected chi connectivity index (χ3v) is 3.66. The van der Waals surface area contributed by atoms with Gasteiger partial charge >= 0.3 is 0 Å². The molecule has 0 bridgehead atoms. The lowest BCUT2D eigenvalue weighted by Gasteiger charge is -2.26. The van der Waals surface area contributed by atoms with Gasteiger partial charge in [-0.05, 0) is 44.2 Å². The van der Waals surface area contributed by atoms with Crippen molar-refractivity contribution in [1.29, 1.82) is 0 Å². The van der Waals surface area contributed by atoms with Crippen LogP contribution < -0.4 is 10.6 Å². The molecule has 0 aromatic heterocycles. The number of nitrogens with one attached hydrogen (secondary N) is 2. The molecule has 3 nitrogen and oxygen atoms in total. The average molecular weight is 387 g/mol. The van der Waals surface area contributed by atoms with E-state index in [1.807, 2.05) is 7.05 Å². The van der Waals surface area contributed by atoms with Crippen molar-refractivity contribution in [3.8, 4) is 0 Å². The summed E-state index contributed by atoms with van der Waals surface area (Å²) in [6.45, 7) is 5.22. The molecule has 4 heteroatoms. The van der Waals surface area contributed by atoms with Crippen LogP contribution in [-0.2, 0) is 6.42 Å². The monoisotopic (exact) mass is 387 g/mol. The van der Waals surface area contributed by atoms with E-state index in [9.17, 15) is 0 Å². The minimum atomic E-state index is 0. The van der Waals surface area contributed by atoms with E-state index in [-0.39, 0.29) is 24.0 Å². The summed E-state index contributed by atoms with van der Waals surface area (Å²) in [7, 11) is 1.83. The minimum Gasteiger partial charge on any atom is -0.356 e. The Bertz CT molecular complexity index is 443. The third-order valence-electron chi connectivity index (χ3n) is 3.66. The van der Waals surface area contributed by atoms with Crippen molar-refractivity contribution < 1.29 is 0 Å². The number of nitrogens with zero attached hydrogens (tertiary/aromatic N) is 1. The predicted molar refractivity (Wildman–Crippen MR) is 97.2 cm³/mol. The summed E-state index contributed by atoms with van der Waals surface area (Å²) < 4.78 is 0. The zero-order valence-corrected chi connectivity index (χ0v) is 15.0. The topological polar surface area (TPSA) is 36.4 Å². The molecule has 0 radical (unpaired) electrons. The molecule has 1 aromatic rings. The highest BCUT2D eigenvalue weighted by Gasteiger charge is 2.19. The van der Waals surface area contributed by atoms with Gasteiger partial charge in [0.1, 0.15) is 0 Å². The number of benzene rings is 1. The first kappa shape index (κ1) is 17.3. The van der Waals surface area contributed by atoms with Crippen molar-refractivity contribution in [3.05, 3.63) is 35.4 Å². The molecule has 1 unspecified atom stereocenters. The van der Waals surface area contributed by atoms with Gasteiger partial charge in [-0.3, -0.25) is 4.99 Å². The maximum absolute atomic E-state index is 4.26. The lowest BCUT2D eigenvalue weighted by atomic mass is 9.83. The molecule has 0 heterocycles. The van der Waals surface area contributed by atoms with Crippen molar-refractivity contribution in [1.82, 2.24) is 10.6 Å². The van der Waals surface area contributed by atoms with Crippen molar-refractivity contribution in [2.45, 2.75) is 45.1 Å². The molecule has 20 heavy (non-hydrogen) atoms. The second kappa shape index (κ2) is 8.49. The first-order valence-corrected chi connectivity index (χ1v) is 7.25. The van der Waals surface area contributed by atoms with Crippen LogP contribution in [0.1, 0.15) is 43.7 Å². The molecule has 1 atom stereocenters. The summed E-state index contributed by atoms with van der Waals surface area (Å²) in [5.41, 5.74) is 3.04. The van der Waals surface area contributed by atoms with E-state index in [2.05, 4.69) is 53.7 Å². The fourth-order valence-corrected chi connectivity index (χ4v) is 2.75. The highest BCUT2D eigenvalue weighted by atomic mass is 127. The molecule has 1 aliphatic rings. The minimum absolute atomic E-state index is 0. The summed E-state index contributed by atoms with van der Waals surface area (Å²) in [5.74, 6) is 1.51. The summed E-state index contributed by atoms with van der Waals surface area (Å²) >= 11 is 0. The molecule has 0 fully saturated rings. The van der Waals surface area contributed by atoms with Crippen LogP contribution in [0.4, 0.5) is 0 Å². The molecular formula is C16H26IN3. The Morgan fingerprint density at radius 2 is 2.10 bits per heavy atom. The van der Waals surface area contributed by atoms with Crippen LogP contribution in [0.3, 0.4) is 0 Å². The first-order valence-electron chi connectivity index (χ1n) is 7.25. The van der Waals surface area contributed by atoms with E-state index in [1.165, 1.54) is 30.4 Å². The number of aryl methyl sites for hydroxylation is 1. The molecule has 0 amide bonds. The number of hydrogen-bond acceptors (Lipinski definition) is 1. The average Bonchev–Trinajstić information content (AvgIpc) is 2.43. The van der Waals surface area contributed by atoms with Gasteiger partial charge < -0.3 is 10.6 Å². The van der Waals surface area contributed by atoms with Gasteiger partial charge in [0, 0.05) is 25.6 Å². The standard InChI is InChI=1S/C16H25N3.HI/c1-12(2)19-16(17-3)18-11-14-9-6-8-13-7-4-5-10-15(13)14;/h4-5,7,10,12,14H,6,8-9,11H2,1-3H3,(H2,17,18,19);1H. The maximum Gasteiger partial charge on any atom is 0.191 e. The van der Waals surface area contributed by atoms with Gasteiger partial charge in [-0.25, -0.2) is 0 Å². The number of halogens is 1. The molecule has 1 aromatic carbocycles. The Balaban J connectivity index is 0.00000200. The van der Waals surface area contributed by atoms with Crippen LogP contribution in [0.15, 0.2) is 29.3 Å². The second-order valence-corrected chi connectivity index (χ2v) is 5.54. The van der Waals surface area contributed by atoms with E-state index in [0.717, 1.165) is 12.5 Å². The van der Waals surface area contributed by atoms with Crippen molar-refractivity contribution in [3.63, 3.8) is 0 Å². The first-order chi connectivity index (χ1) is 9.20. The van der Waals surface area contributed by atoms with E-state index in [0.29, 0.717) is 12.0 Å². The molecule has 0 spiro atoms. The van der Waals surface area contributed by atoms with E-state index < -0.39 is 0 Å². The predicted octanol–water partition coefficient (Wildman–Crippen LogP) is 3.30. The molecule has 2 N–H and O–H groups in total. The van der Waals surface area contributed by atoms with Crippen LogP contribution in [0.25, 0.3) is 0 Å². The van der Waals surface area contributed by atoms with Crippen LogP contribution in [-0.4, -0.2) is 25.6 Å². The largest absolute Gasteiger partial charge is 0.356 e. The fourth-order valence-electron chi connectivity index (χ4n) is 2.75. The van der Waals surface area contributed by atoms with E-state index in [4.69, 9.17) is 0 Å². The Kier molecular flexibility index (Phi) is 7.34. The zero-order chi connectivity index (χ0) is 13.7. The van der Waals surface area contributed by atoms with Crippen molar-refractivity contribution in [2.24, 2.45) is 4.99 Å². The van der Waals surface area contributed by atoms with Crippen LogP contribution in [0.2, 0.25) is 0 Å². The quantitative estimate of drug-likeness (QED) is 0.475. The highest BCUT2D eigenvalue weighted by Crippen LogP contribution is 2.30. The Morgan fingerprint density at radius 1 is 1.35 bits per heavy atom. The molecule has 0 saturated heterocycles. The van der Waals surface area contributed by atoms with E-state index >= 15 is 0 Å². The molecule has 1 aliphatic carbocycles. The summed E-state index contributed by atoms with van der Waals surface area (Å²) in [5, 5.41) is 6.78. The smallest absolute Gasteiger partial charge is 0.191 e. The molecule has 112 valence electrons. The lowest BCUT2D eigenvalue weighted by Crippen LogP contribution is -2.42. The number of rotatable bonds is 3. The molecule has 0 saturated carbocycles. The Hall–Kier alpha value is -0.780. The zero-order valence-electron chi connectivity index (χ0n) is 12.6. The number of aliphatic imine (C=N–C) groups is 1. The molecular weight excluding hydrogens is 361 g/mol. The normalized spacial score (nSPS) is 18.2. The van der Waals surface area contributed by atoms with Gasteiger partial charge in [0.25, 0.3) is 0 Å². The van der Waals surface area contributed by atoms with Crippen LogP contribution in [0, 0.1) is 0 Å². The highest BCUT2D eigenvalue weighted by molar-refractivity contribution is 14.0.